The Morgan fingerprint density at radius 2 is 1.86 bits per heavy atom. The van der Waals surface area contributed by atoms with Crippen LogP contribution in [0.5, 0.6) is 0 Å². The van der Waals surface area contributed by atoms with Crippen LogP contribution in [0.4, 0.5) is 0 Å². The van der Waals surface area contributed by atoms with Crippen molar-refractivity contribution in [1.29, 1.82) is 0 Å². The van der Waals surface area contributed by atoms with E-state index in [1.165, 1.54) is 0 Å². The second-order valence-electron chi connectivity index (χ2n) is 3.15. The minimum absolute atomic E-state index is 0.399. The van der Waals surface area contributed by atoms with Crippen molar-refractivity contribution in [2.45, 2.75) is 12.8 Å². The second kappa shape index (κ2) is 3.76. The average Bonchev–Trinajstić information content (AvgIpc) is 2.23. The van der Waals surface area contributed by atoms with Crippen LogP contribution in [-0.4, -0.2) is 4.98 Å². The highest BCUT2D eigenvalue weighted by atomic mass is 35.5. The summed E-state index contributed by atoms with van der Waals surface area (Å²) < 4.78 is 0. The number of benzene rings is 1. The lowest BCUT2D eigenvalue weighted by Crippen LogP contribution is -1.93. The number of aromatic nitrogens is 1. The van der Waals surface area contributed by atoms with E-state index in [1.54, 1.807) is 0 Å². The lowest BCUT2D eigenvalue weighted by Gasteiger charge is -2.07. The molecule has 0 spiro atoms. The number of nitrogens with zero attached hydrogens (tertiary/aromatic N) is 1. The molecule has 0 N–H and O–H groups in total. The predicted molar refractivity (Wildman–Crippen MR) is 61.0 cm³/mol. The molecule has 0 saturated heterocycles. The van der Waals surface area contributed by atoms with Gasteiger partial charge < -0.3 is 0 Å². The second-order valence-corrected chi connectivity index (χ2v) is 3.78. The van der Waals surface area contributed by atoms with Crippen molar-refractivity contribution in [3.63, 3.8) is 0 Å². The number of fused-ring (bicyclic) bond motifs is 1. The third kappa shape index (κ3) is 1.47. The summed E-state index contributed by atoms with van der Waals surface area (Å²) in [5.41, 5.74) is 1.97. The number of aryl methyl sites for hydroxylation is 1. The molecule has 3 heteroatoms. The molecule has 0 aliphatic carbocycles. The van der Waals surface area contributed by atoms with Crippen LogP contribution in [0.25, 0.3) is 10.8 Å². The van der Waals surface area contributed by atoms with Gasteiger partial charge in [0, 0.05) is 5.39 Å². The first kappa shape index (κ1) is 9.75. The molecule has 0 aliphatic heterocycles. The molecule has 0 radical (unpaired) electrons. The standard InChI is InChI=1S/C11H9Cl2N/c1-7-8-4-2-3-5-9(8)11(13)14-10(7)6-12/h2-5H,6H2,1H3. The third-order valence-corrected chi connectivity index (χ3v) is 2.89. The summed E-state index contributed by atoms with van der Waals surface area (Å²) in [5, 5.41) is 2.64. The molecule has 14 heavy (non-hydrogen) atoms. The van der Waals surface area contributed by atoms with Crippen LogP contribution in [0.2, 0.25) is 5.15 Å². The Hall–Kier alpha value is -0.790. The van der Waals surface area contributed by atoms with Crippen LogP contribution in [0.1, 0.15) is 11.3 Å². The van der Waals surface area contributed by atoms with Gasteiger partial charge in [-0.2, -0.15) is 0 Å². The first-order chi connectivity index (χ1) is 6.74. The fraction of sp³-hybridized carbons (Fsp3) is 0.182. The minimum atomic E-state index is 0.399. The summed E-state index contributed by atoms with van der Waals surface area (Å²) >= 11 is 11.8. The van der Waals surface area contributed by atoms with E-state index in [-0.39, 0.29) is 0 Å². The SMILES string of the molecule is Cc1c(CCl)nc(Cl)c2ccccc12. The maximum absolute atomic E-state index is 6.04. The number of hydrogen-bond acceptors (Lipinski definition) is 1. The van der Waals surface area contributed by atoms with Gasteiger partial charge in [-0.3, -0.25) is 0 Å². The lowest BCUT2D eigenvalue weighted by atomic mass is 10.1. The van der Waals surface area contributed by atoms with E-state index in [0.29, 0.717) is 11.0 Å². The zero-order valence-corrected chi connectivity index (χ0v) is 9.23. The molecule has 1 aromatic carbocycles. The van der Waals surface area contributed by atoms with Crippen molar-refractivity contribution < 1.29 is 0 Å². The summed E-state index contributed by atoms with van der Waals surface area (Å²) in [5.74, 6) is 0.399. The Morgan fingerprint density at radius 1 is 1.21 bits per heavy atom. The molecule has 0 bridgehead atoms. The molecule has 0 saturated carbocycles. The topological polar surface area (TPSA) is 12.9 Å². The fourth-order valence-electron chi connectivity index (χ4n) is 1.54. The number of hydrogen-bond donors (Lipinski definition) is 0. The van der Waals surface area contributed by atoms with E-state index in [1.807, 2.05) is 31.2 Å². The number of rotatable bonds is 1. The Kier molecular flexibility index (Phi) is 2.62. The van der Waals surface area contributed by atoms with Gasteiger partial charge in [0.2, 0.25) is 0 Å². The summed E-state index contributed by atoms with van der Waals surface area (Å²) in [6.45, 7) is 2.02. The van der Waals surface area contributed by atoms with E-state index >= 15 is 0 Å². The molecule has 1 nitrogen and oxygen atoms in total. The normalized spacial score (nSPS) is 10.8. The Morgan fingerprint density at radius 3 is 2.50 bits per heavy atom. The van der Waals surface area contributed by atoms with Gasteiger partial charge in [-0.15, -0.1) is 11.6 Å². The maximum Gasteiger partial charge on any atom is 0.137 e. The molecule has 0 fully saturated rings. The first-order valence-electron chi connectivity index (χ1n) is 4.33. The largest absolute Gasteiger partial charge is 0.239 e. The monoisotopic (exact) mass is 225 g/mol. The van der Waals surface area contributed by atoms with Gasteiger partial charge in [-0.25, -0.2) is 4.98 Å². The number of pyridine rings is 1. The Labute approximate surface area is 92.7 Å². The van der Waals surface area contributed by atoms with Crippen molar-refractivity contribution in [1.82, 2.24) is 4.98 Å². The van der Waals surface area contributed by atoms with Crippen molar-refractivity contribution in [3.8, 4) is 0 Å². The summed E-state index contributed by atoms with van der Waals surface area (Å²) in [6, 6.07) is 7.95. The molecule has 0 unspecified atom stereocenters. The first-order valence-corrected chi connectivity index (χ1v) is 5.25. The summed E-state index contributed by atoms with van der Waals surface area (Å²) in [4.78, 5) is 4.25. The van der Waals surface area contributed by atoms with Gasteiger partial charge in [-0.1, -0.05) is 35.9 Å². The highest BCUT2D eigenvalue weighted by Gasteiger charge is 2.07. The van der Waals surface area contributed by atoms with Gasteiger partial charge in [-0.05, 0) is 17.9 Å². The van der Waals surface area contributed by atoms with Crippen molar-refractivity contribution in [2.24, 2.45) is 0 Å². The number of alkyl halides is 1. The quantitative estimate of drug-likeness (QED) is 0.530. The zero-order chi connectivity index (χ0) is 10.1. The molecule has 1 aromatic heterocycles. The highest BCUT2D eigenvalue weighted by molar-refractivity contribution is 6.34. The average molecular weight is 226 g/mol. The van der Waals surface area contributed by atoms with Crippen LogP contribution in [-0.2, 0) is 5.88 Å². The maximum atomic E-state index is 6.04. The minimum Gasteiger partial charge on any atom is -0.239 e. The summed E-state index contributed by atoms with van der Waals surface area (Å²) in [7, 11) is 0. The third-order valence-electron chi connectivity index (χ3n) is 2.35. The van der Waals surface area contributed by atoms with E-state index in [2.05, 4.69) is 4.98 Å². The predicted octanol–water partition coefficient (Wildman–Crippen LogP) is 3.94. The van der Waals surface area contributed by atoms with Crippen molar-refractivity contribution in [2.75, 3.05) is 0 Å². The van der Waals surface area contributed by atoms with Crippen LogP contribution in [0.3, 0.4) is 0 Å². The van der Waals surface area contributed by atoms with Crippen LogP contribution < -0.4 is 0 Å². The molecular formula is C11H9Cl2N. The molecule has 2 aromatic rings. The number of halogens is 2. The lowest BCUT2D eigenvalue weighted by molar-refractivity contribution is 1.15. The Bertz CT molecular complexity index is 480. The van der Waals surface area contributed by atoms with Crippen molar-refractivity contribution in [3.05, 3.63) is 40.7 Å². The van der Waals surface area contributed by atoms with Gasteiger partial charge in [0.05, 0.1) is 11.6 Å². The van der Waals surface area contributed by atoms with Crippen LogP contribution in [0.15, 0.2) is 24.3 Å². The Balaban J connectivity index is 2.87. The van der Waals surface area contributed by atoms with Gasteiger partial charge in [0.15, 0.2) is 0 Å². The molecular weight excluding hydrogens is 217 g/mol. The van der Waals surface area contributed by atoms with Crippen LogP contribution in [0, 0.1) is 6.92 Å². The molecule has 1 heterocycles. The van der Waals surface area contributed by atoms with Crippen molar-refractivity contribution >= 4 is 34.0 Å². The van der Waals surface area contributed by atoms with Gasteiger partial charge >= 0.3 is 0 Å². The molecule has 72 valence electrons. The van der Waals surface area contributed by atoms with E-state index < -0.39 is 0 Å². The zero-order valence-electron chi connectivity index (χ0n) is 7.72. The van der Waals surface area contributed by atoms with Gasteiger partial charge in [0.25, 0.3) is 0 Å². The molecule has 0 atom stereocenters. The fourth-order valence-corrected chi connectivity index (χ4v) is 2.07. The van der Waals surface area contributed by atoms with E-state index in [9.17, 15) is 0 Å². The molecule has 0 aliphatic rings. The van der Waals surface area contributed by atoms with E-state index in [0.717, 1.165) is 22.0 Å². The summed E-state index contributed by atoms with van der Waals surface area (Å²) in [6.07, 6.45) is 0. The smallest absolute Gasteiger partial charge is 0.137 e. The molecule has 0 amide bonds. The molecule has 2 rings (SSSR count). The van der Waals surface area contributed by atoms with E-state index in [4.69, 9.17) is 23.2 Å². The van der Waals surface area contributed by atoms with Gasteiger partial charge in [0.1, 0.15) is 5.15 Å². The van der Waals surface area contributed by atoms with Crippen LogP contribution >= 0.6 is 23.2 Å². The highest BCUT2D eigenvalue weighted by Crippen LogP contribution is 2.26.